The number of nitrogens with two attached hydrogens (primary N) is 1. The second-order valence-electron chi connectivity index (χ2n) is 4.64. The van der Waals surface area contributed by atoms with Crippen LogP contribution >= 0.6 is 11.8 Å². The zero-order valence-electron chi connectivity index (χ0n) is 9.49. The molecule has 2 N–H and O–H groups in total. The summed E-state index contributed by atoms with van der Waals surface area (Å²) in [5.41, 5.74) is 8.08. The molecule has 2 nitrogen and oxygen atoms in total. The molecule has 0 aromatic heterocycles. The molecule has 0 spiro atoms. The Hall–Kier alpha value is -1.14. The van der Waals surface area contributed by atoms with Crippen molar-refractivity contribution in [2.24, 2.45) is 5.41 Å². The highest BCUT2D eigenvalue weighted by Gasteiger charge is 2.42. The third kappa shape index (κ3) is 2.51. The molecule has 16 heavy (non-hydrogen) atoms. The summed E-state index contributed by atoms with van der Waals surface area (Å²) in [6.45, 7) is 2.03. The molecule has 0 radical (unpaired) electrons. The lowest BCUT2D eigenvalue weighted by molar-refractivity contribution is 0.604. The SMILES string of the molecule is Cc1cc(SCC2(CC#N)CC2)ccc1N. The highest BCUT2D eigenvalue weighted by atomic mass is 32.2. The fourth-order valence-electron chi connectivity index (χ4n) is 1.69. The zero-order valence-corrected chi connectivity index (χ0v) is 10.3. The van der Waals surface area contributed by atoms with Gasteiger partial charge in [-0.3, -0.25) is 0 Å². The maximum atomic E-state index is 8.74. The summed E-state index contributed by atoms with van der Waals surface area (Å²) in [6.07, 6.45) is 3.12. The van der Waals surface area contributed by atoms with E-state index in [-0.39, 0.29) is 0 Å². The third-order valence-corrected chi connectivity index (χ3v) is 4.54. The van der Waals surface area contributed by atoms with Crippen LogP contribution < -0.4 is 5.73 Å². The lowest BCUT2D eigenvalue weighted by Crippen LogP contribution is -2.02. The van der Waals surface area contributed by atoms with Gasteiger partial charge in [-0.1, -0.05) is 0 Å². The van der Waals surface area contributed by atoms with E-state index < -0.39 is 0 Å². The Kier molecular flexibility index (Phi) is 3.11. The average Bonchev–Trinajstić information content (AvgIpc) is 3.01. The summed E-state index contributed by atoms with van der Waals surface area (Å²) in [7, 11) is 0. The zero-order chi connectivity index (χ0) is 11.6. The highest BCUT2D eigenvalue weighted by molar-refractivity contribution is 7.99. The molecule has 1 fully saturated rings. The van der Waals surface area contributed by atoms with E-state index >= 15 is 0 Å². The molecule has 84 valence electrons. The van der Waals surface area contributed by atoms with Crippen molar-refractivity contribution in [1.29, 1.82) is 5.26 Å². The highest BCUT2D eigenvalue weighted by Crippen LogP contribution is 2.51. The van der Waals surface area contributed by atoms with Gasteiger partial charge < -0.3 is 5.73 Å². The molecule has 0 aliphatic heterocycles. The first-order chi connectivity index (χ1) is 7.65. The molecule has 0 saturated heterocycles. The average molecular weight is 232 g/mol. The Balaban J connectivity index is 1.95. The summed E-state index contributed by atoms with van der Waals surface area (Å²) < 4.78 is 0. The predicted octanol–water partition coefficient (Wildman–Crippen LogP) is 3.36. The molecule has 1 aromatic carbocycles. The number of nitriles is 1. The standard InChI is InChI=1S/C13H16N2S/c1-10-8-11(2-3-12(10)15)16-9-13(4-5-13)6-7-14/h2-3,8H,4-6,9,15H2,1H3. The van der Waals surface area contributed by atoms with E-state index in [1.807, 2.05) is 24.8 Å². The van der Waals surface area contributed by atoms with Crippen molar-refractivity contribution < 1.29 is 0 Å². The van der Waals surface area contributed by atoms with E-state index in [1.54, 1.807) is 0 Å². The molecular weight excluding hydrogens is 216 g/mol. The second-order valence-corrected chi connectivity index (χ2v) is 5.69. The lowest BCUT2D eigenvalue weighted by atomic mass is 10.1. The number of nitrogen functional groups attached to an aromatic ring is 1. The van der Waals surface area contributed by atoms with Crippen LogP contribution in [-0.4, -0.2) is 5.75 Å². The molecular formula is C13H16N2S. The molecule has 2 rings (SSSR count). The van der Waals surface area contributed by atoms with Crippen LogP contribution in [0, 0.1) is 23.7 Å². The van der Waals surface area contributed by atoms with Crippen LogP contribution in [0.1, 0.15) is 24.8 Å². The fourth-order valence-corrected chi connectivity index (χ4v) is 2.98. The number of nitrogens with zero attached hydrogens (tertiary/aromatic N) is 1. The molecule has 3 heteroatoms. The van der Waals surface area contributed by atoms with Gasteiger partial charge >= 0.3 is 0 Å². The first-order valence-electron chi connectivity index (χ1n) is 5.51. The van der Waals surface area contributed by atoms with Gasteiger partial charge in [-0.05, 0) is 48.9 Å². The largest absolute Gasteiger partial charge is 0.399 e. The van der Waals surface area contributed by atoms with Crippen LogP contribution in [0.15, 0.2) is 23.1 Å². The van der Waals surface area contributed by atoms with Crippen LogP contribution in [-0.2, 0) is 0 Å². The Bertz CT molecular complexity index is 430. The van der Waals surface area contributed by atoms with Crippen LogP contribution in [0.5, 0.6) is 0 Å². The van der Waals surface area contributed by atoms with Gasteiger partial charge in [0.1, 0.15) is 0 Å². The van der Waals surface area contributed by atoms with E-state index in [0.717, 1.165) is 17.0 Å². The monoisotopic (exact) mass is 232 g/mol. The van der Waals surface area contributed by atoms with Gasteiger partial charge in [0.15, 0.2) is 0 Å². The number of hydrogen-bond donors (Lipinski definition) is 1. The van der Waals surface area contributed by atoms with Gasteiger partial charge in [-0.2, -0.15) is 5.26 Å². The number of benzene rings is 1. The number of rotatable bonds is 4. The molecule has 0 bridgehead atoms. The second kappa shape index (κ2) is 4.39. The normalized spacial score (nSPS) is 16.8. The Labute approximate surface area is 101 Å². The summed E-state index contributed by atoms with van der Waals surface area (Å²) in [6, 6.07) is 8.45. The van der Waals surface area contributed by atoms with Crippen molar-refractivity contribution in [2.45, 2.75) is 31.1 Å². The van der Waals surface area contributed by atoms with Gasteiger partial charge in [0.05, 0.1) is 6.07 Å². The van der Waals surface area contributed by atoms with Crippen molar-refractivity contribution in [1.82, 2.24) is 0 Å². The molecule has 0 unspecified atom stereocenters. The molecule has 0 amide bonds. The smallest absolute Gasteiger partial charge is 0.0627 e. The van der Waals surface area contributed by atoms with Crippen molar-refractivity contribution in [2.75, 3.05) is 11.5 Å². The summed E-state index contributed by atoms with van der Waals surface area (Å²) in [4.78, 5) is 1.26. The van der Waals surface area contributed by atoms with Crippen LogP contribution in [0.2, 0.25) is 0 Å². The molecule has 0 atom stereocenters. The van der Waals surface area contributed by atoms with E-state index in [0.29, 0.717) is 11.8 Å². The lowest BCUT2D eigenvalue weighted by Gasteiger charge is -2.10. The van der Waals surface area contributed by atoms with E-state index in [4.69, 9.17) is 11.0 Å². The minimum absolute atomic E-state index is 0.314. The van der Waals surface area contributed by atoms with Crippen molar-refractivity contribution in [3.63, 3.8) is 0 Å². The fraction of sp³-hybridized carbons (Fsp3) is 0.462. The van der Waals surface area contributed by atoms with E-state index in [9.17, 15) is 0 Å². The molecule has 1 aromatic rings. The predicted molar refractivity (Wildman–Crippen MR) is 68.2 cm³/mol. The Morgan fingerprint density at radius 3 is 2.81 bits per heavy atom. The number of aryl methyl sites for hydroxylation is 1. The summed E-state index contributed by atoms with van der Waals surface area (Å²) >= 11 is 1.85. The topological polar surface area (TPSA) is 49.8 Å². The molecule has 1 saturated carbocycles. The van der Waals surface area contributed by atoms with Gasteiger partial charge in [0.25, 0.3) is 0 Å². The third-order valence-electron chi connectivity index (χ3n) is 3.20. The van der Waals surface area contributed by atoms with E-state index in [1.165, 1.54) is 17.7 Å². The first kappa shape index (κ1) is 11.3. The van der Waals surface area contributed by atoms with Gasteiger partial charge in [-0.25, -0.2) is 0 Å². The van der Waals surface area contributed by atoms with Crippen LogP contribution in [0.4, 0.5) is 5.69 Å². The maximum absolute atomic E-state index is 8.74. The van der Waals surface area contributed by atoms with Gasteiger partial charge in [0, 0.05) is 22.8 Å². The van der Waals surface area contributed by atoms with Crippen molar-refractivity contribution in [3.05, 3.63) is 23.8 Å². The summed E-state index contributed by atoms with van der Waals surface area (Å²) in [5.74, 6) is 1.06. The number of thioether (sulfide) groups is 1. The van der Waals surface area contributed by atoms with Crippen LogP contribution in [0.3, 0.4) is 0 Å². The van der Waals surface area contributed by atoms with Crippen LogP contribution in [0.25, 0.3) is 0 Å². The van der Waals surface area contributed by atoms with Crippen molar-refractivity contribution in [3.8, 4) is 6.07 Å². The Morgan fingerprint density at radius 1 is 1.50 bits per heavy atom. The van der Waals surface area contributed by atoms with Gasteiger partial charge in [0.2, 0.25) is 0 Å². The number of hydrogen-bond acceptors (Lipinski definition) is 3. The Morgan fingerprint density at radius 2 is 2.25 bits per heavy atom. The molecule has 1 aliphatic carbocycles. The van der Waals surface area contributed by atoms with E-state index in [2.05, 4.69) is 18.2 Å². The quantitative estimate of drug-likeness (QED) is 0.639. The van der Waals surface area contributed by atoms with Gasteiger partial charge in [-0.15, -0.1) is 11.8 Å². The van der Waals surface area contributed by atoms with Crippen molar-refractivity contribution >= 4 is 17.4 Å². The minimum Gasteiger partial charge on any atom is -0.399 e. The minimum atomic E-state index is 0.314. The maximum Gasteiger partial charge on any atom is 0.0627 e. The number of anilines is 1. The molecule has 0 heterocycles. The summed E-state index contributed by atoms with van der Waals surface area (Å²) in [5, 5.41) is 8.74. The first-order valence-corrected chi connectivity index (χ1v) is 6.50. The molecule has 1 aliphatic rings.